The molecule has 0 saturated carbocycles. The van der Waals surface area contributed by atoms with Crippen LogP contribution in [0.5, 0.6) is 0 Å². The van der Waals surface area contributed by atoms with Crippen molar-refractivity contribution < 1.29 is 13.5 Å². The number of benzene rings is 2. The minimum atomic E-state index is -0.831. The molecular weight excluding hydrogens is 430 g/mol. The van der Waals surface area contributed by atoms with Crippen LogP contribution in [0.4, 0.5) is 8.78 Å². The van der Waals surface area contributed by atoms with E-state index in [0.29, 0.717) is 18.7 Å². The minimum Gasteiger partial charge on any atom is -0.376 e. The lowest BCUT2D eigenvalue weighted by Crippen LogP contribution is -2.23. The van der Waals surface area contributed by atoms with Crippen LogP contribution in [0, 0.1) is 18.6 Å². The van der Waals surface area contributed by atoms with E-state index >= 15 is 0 Å². The Morgan fingerprint density at radius 1 is 1.12 bits per heavy atom. The van der Waals surface area contributed by atoms with Gasteiger partial charge in [0.25, 0.3) is 0 Å². The maximum atomic E-state index is 13.6. The van der Waals surface area contributed by atoms with Crippen molar-refractivity contribution in [1.29, 1.82) is 0 Å². The first kappa shape index (κ1) is 22.9. The standard InChI is InChI=1S/C24H28F2N4OS/c1-17-6-3-4-7-19(17)16-32-24-28-27-23(30(24)14-20-8-5-11-31-20)15-29(2)13-18-9-10-21(25)22(26)12-18/h3-4,6-7,9-10,12,20H,5,8,11,13-16H2,1-2H3. The predicted octanol–water partition coefficient (Wildman–Crippen LogP) is 4.97. The van der Waals surface area contributed by atoms with Crippen molar-refractivity contribution in [3.05, 3.63) is 76.6 Å². The predicted molar refractivity (Wildman–Crippen MR) is 121 cm³/mol. The molecule has 170 valence electrons. The second-order valence-electron chi connectivity index (χ2n) is 8.28. The molecule has 1 aliphatic heterocycles. The first-order chi connectivity index (χ1) is 15.5. The van der Waals surface area contributed by atoms with Crippen molar-refractivity contribution in [2.45, 2.75) is 56.4 Å². The third-order valence-electron chi connectivity index (χ3n) is 5.67. The molecule has 0 bridgehead atoms. The molecule has 5 nitrogen and oxygen atoms in total. The molecule has 32 heavy (non-hydrogen) atoms. The number of hydrogen-bond donors (Lipinski definition) is 0. The number of halogens is 2. The van der Waals surface area contributed by atoms with E-state index in [2.05, 4.69) is 39.9 Å². The van der Waals surface area contributed by atoms with Gasteiger partial charge in [-0.1, -0.05) is 42.1 Å². The fraction of sp³-hybridized carbons (Fsp3) is 0.417. The quantitative estimate of drug-likeness (QED) is 0.424. The van der Waals surface area contributed by atoms with Gasteiger partial charge in [-0.25, -0.2) is 8.78 Å². The molecule has 0 amide bonds. The highest BCUT2D eigenvalue weighted by atomic mass is 32.2. The number of hydrogen-bond acceptors (Lipinski definition) is 5. The number of nitrogens with zero attached hydrogens (tertiary/aromatic N) is 4. The first-order valence-electron chi connectivity index (χ1n) is 10.8. The molecule has 0 N–H and O–H groups in total. The van der Waals surface area contributed by atoms with E-state index in [-0.39, 0.29) is 6.10 Å². The number of aryl methyl sites for hydroxylation is 1. The maximum Gasteiger partial charge on any atom is 0.191 e. The summed E-state index contributed by atoms with van der Waals surface area (Å²) in [4.78, 5) is 2.03. The van der Waals surface area contributed by atoms with Crippen molar-refractivity contribution in [3.63, 3.8) is 0 Å². The molecule has 2 aromatic carbocycles. The van der Waals surface area contributed by atoms with E-state index in [1.165, 1.54) is 23.3 Å². The second-order valence-corrected chi connectivity index (χ2v) is 9.22. The second kappa shape index (κ2) is 10.6. The number of rotatable bonds is 9. The summed E-state index contributed by atoms with van der Waals surface area (Å²) >= 11 is 1.68. The highest BCUT2D eigenvalue weighted by Gasteiger charge is 2.22. The Kier molecular flexibility index (Phi) is 7.55. The molecule has 1 aliphatic rings. The summed E-state index contributed by atoms with van der Waals surface area (Å²) in [5.41, 5.74) is 3.25. The molecule has 3 aromatic rings. The molecule has 1 saturated heterocycles. The fourth-order valence-electron chi connectivity index (χ4n) is 3.88. The average molecular weight is 459 g/mol. The molecule has 8 heteroatoms. The molecule has 0 spiro atoms. The highest BCUT2D eigenvalue weighted by molar-refractivity contribution is 7.98. The molecule has 0 aliphatic carbocycles. The van der Waals surface area contributed by atoms with E-state index in [1.54, 1.807) is 17.8 Å². The van der Waals surface area contributed by atoms with Crippen LogP contribution in [0.2, 0.25) is 0 Å². The normalized spacial score (nSPS) is 16.2. The van der Waals surface area contributed by atoms with E-state index in [9.17, 15) is 8.78 Å². The summed E-state index contributed by atoms with van der Waals surface area (Å²) < 4.78 is 34.8. The molecular formula is C24H28F2N4OS. The zero-order valence-corrected chi connectivity index (χ0v) is 19.2. The Labute approximate surface area is 191 Å². The third-order valence-corrected chi connectivity index (χ3v) is 6.69. The van der Waals surface area contributed by atoms with Crippen molar-refractivity contribution in [2.24, 2.45) is 0 Å². The minimum absolute atomic E-state index is 0.166. The lowest BCUT2D eigenvalue weighted by molar-refractivity contribution is 0.0934. The molecule has 1 atom stereocenters. The molecule has 0 radical (unpaired) electrons. The van der Waals surface area contributed by atoms with E-state index in [1.807, 2.05) is 18.0 Å². The lowest BCUT2D eigenvalue weighted by atomic mass is 10.1. The van der Waals surface area contributed by atoms with Gasteiger partial charge >= 0.3 is 0 Å². The molecule has 2 heterocycles. The highest BCUT2D eigenvalue weighted by Crippen LogP contribution is 2.26. The monoisotopic (exact) mass is 458 g/mol. The van der Waals surface area contributed by atoms with E-state index in [0.717, 1.165) is 42.7 Å². The van der Waals surface area contributed by atoms with Crippen molar-refractivity contribution in [3.8, 4) is 0 Å². The molecule has 1 fully saturated rings. The smallest absolute Gasteiger partial charge is 0.191 e. The largest absolute Gasteiger partial charge is 0.376 e. The fourth-order valence-corrected chi connectivity index (χ4v) is 4.92. The molecule has 4 rings (SSSR count). The summed E-state index contributed by atoms with van der Waals surface area (Å²) in [6.45, 7) is 4.66. The van der Waals surface area contributed by atoms with Gasteiger partial charge in [-0.15, -0.1) is 10.2 Å². The van der Waals surface area contributed by atoms with Crippen LogP contribution in [0.3, 0.4) is 0 Å². The van der Waals surface area contributed by atoms with Gasteiger partial charge in [0.2, 0.25) is 0 Å². The molecule has 1 aromatic heterocycles. The van der Waals surface area contributed by atoms with Gasteiger partial charge < -0.3 is 9.30 Å². The maximum absolute atomic E-state index is 13.6. The Hall–Kier alpha value is -2.29. The summed E-state index contributed by atoms with van der Waals surface area (Å²) in [6.07, 6.45) is 2.27. The van der Waals surface area contributed by atoms with Crippen molar-refractivity contribution in [2.75, 3.05) is 13.7 Å². The van der Waals surface area contributed by atoms with E-state index in [4.69, 9.17) is 4.74 Å². The zero-order chi connectivity index (χ0) is 22.5. The first-order valence-corrected chi connectivity index (χ1v) is 11.8. The van der Waals surface area contributed by atoms with Gasteiger partial charge in [-0.3, -0.25) is 4.90 Å². The number of thioether (sulfide) groups is 1. The van der Waals surface area contributed by atoms with Crippen LogP contribution in [0.15, 0.2) is 47.6 Å². The Morgan fingerprint density at radius 3 is 2.72 bits per heavy atom. The summed E-state index contributed by atoms with van der Waals surface area (Å²) in [6, 6.07) is 12.4. The summed E-state index contributed by atoms with van der Waals surface area (Å²) in [7, 11) is 1.94. The topological polar surface area (TPSA) is 43.2 Å². The Bertz CT molecular complexity index is 1050. The average Bonchev–Trinajstić information content (AvgIpc) is 3.41. The summed E-state index contributed by atoms with van der Waals surface area (Å²) in [5, 5.41) is 9.81. The van der Waals surface area contributed by atoms with Crippen LogP contribution in [-0.2, 0) is 30.1 Å². The summed E-state index contributed by atoms with van der Waals surface area (Å²) in [5.74, 6) is 0.00864. The lowest BCUT2D eigenvalue weighted by Gasteiger charge is -2.19. The number of aromatic nitrogens is 3. The van der Waals surface area contributed by atoms with E-state index < -0.39 is 11.6 Å². The van der Waals surface area contributed by atoms with Gasteiger partial charge in [0.1, 0.15) is 5.82 Å². The van der Waals surface area contributed by atoms with Crippen molar-refractivity contribution in [1.82, 2.24) is 19.7 Å². The van der Waals surface area contributed by atoms with Crippen LogP contribution < -0.4 is 0 Å². The van der Waals surface area contributed by atoms with Crippen LogP contribution >= 0.6 is 11.8 Å². The van der Waals surface area contributed by atoms with Crippen molar-refractivity contribution >= 4 is 11.8 Å². The number of ether oxygens (including phenoxy) is 1. The van der Waals surface area contributed by atoms with Gasteiger partial charge in [-0.2, -0.15) is 0 Å². The molecule has 1 unspecified atom stereocenters. The zero-order valence-electron chi connectivity index (χ0n) is 18.4. The van der Waals surface area contributed by atoms with Crippen LogP contribution in [-0.4, -0.2) is 39.4 Å². The van der Waals surface area contributed by atoms with Crippen LogP contribution in [0.1, 0.15) is 35.4 Å². The van der Waals surface area contributed by atoms with Gasteiger partial charge in [0, 0.05) is 18.9 Å². The Morgan fingerprint density at radius 2 is 1.97 bits per heavy atom. The van der Waals surface area contributed by atoms with Gasteiger partial charge in [0.15, 0.2) is 16.8 Å². The third kappa shape index (κ3) is 5.74. The SMILES string of the molecule is Cc1ccccc1CSc1nnc(CN(C)Cc2ccc(F)c(F)c2)n1CC1CCCO1. The van der Waals surface area contributed by atoms with Gasteiger partial charge in [-0.05, 0) is 55.6 Å². The van der Waals surface area contributed by atoms with Crippen LogP contribution in [0.25, 0.3) is 0 Å². The van der Waals surface area contributed by atoms with Gasteiger partial charge in [0.05, 0.1) is 19.2 Å². The Balaban J connectivity index is 1.48.